The number of carbonyl (C=O) groups excluding carboxylic acids is 2. The molecule has 3 amide bonds. The highest BCUT2D eigenvalue weighted by atomic mass is 16.5. The number of carbonyl (C=O) groups is 2. The van der Waals surface area contributed by atoms with E-state index in [0.717, 1.165) is 42.6 Å². The van der Waals surface area contributed by atoms with Crippen molar-refractivity contribution in [3.8, 4) is 5.75 Å². The van der Waals surface area contributed by atoms with E-state index in [1.165, 1.54) is 0 Å². The van der Waals surface area contributed by atoms with E-state index in [-0.39, 0.29) is 17.7 Å². The molecular weight excluding hydrogens is 442 g/mol. The zero-order chi connectivity index (χ0) is 25.4. The molecule has 0 spiro atoms. The van der Waals surface area contributed by atoms with Crippen molar-refractivity contribution in [3.63, 3.8) is 0 Å². The third-order valence-electron chi connectivity index (χ3n) is 5.84. The van der Waals surface area contributed by atoms with Crippen molar-refractivity contribution in [2.45, 2.75) is 47.1 Å². The summed E-state index contributed by atoms with van der Waals surface area (Å²) in [5.74, 6) is 1.76. The molecule has 0 saturated heterocycles. The zero-order valence-electron chi connectivity index (χ0n) is 21.4. The van der Waals surface area contributed by atoms with E-state index in [4.69, 9.17) is 9.15 Å². The largest absolute Gasteiger partial charge is 0.497 e. The third-order valence-corrected chi connectivity index (χ3v) is 5.84. The number of amides is 3. The predicted octanol–water partition coefficient (Wildman–Crippen LogP) is 6.30. The molecule has 1 aromatic heterocycles. The molecule has 3 aromatic rings. The quantitative estimate of drug-likeness (QED) is 0.338. The van der Waals surface area contributed by atoms with Gasteiger partial charge in [-0.25, -0.2) is 4.79 Å². The number of benzene rings is 2. The molecule has 0 radical (unpaired) electrons. The second-order valence-electron chi connectivity index (χ2n) is 9.68. The lowest BCUT2D eigenvalue weighted by atomic mass is 10.1. The second-order valence-corrected chi connectivity index (χ2v) is 9.68. The number of rotatable bonds is 11. The number of fused-ring (bicyclic) bond motifs is 1. The molecule has 0 unspecified atom stereocenters. The fourth-order valence-electron chi connectivity index (χ4n) is 3.59. The molecule has 2 N–H and O–H groups in total. The molecule has 3 rings (SSSR count). The van der Waals surface area contributed by atoms with E-state index < -0.39 is 0 Å². The molecule has 0 aliphatic rings. The average Bonchev–Trinajstić information content (AvgIpc) is 3.26. The highest BCUT2D eigenvalue weighted by Gasteiger charge is 2.16. The molecular formula is C28H37N3O4. The van der Waals surface area contributed by atoms with Crippen LogP contribution in [-0.2, 0) is 6.54 Å². The van der Waals surface area contributed by atoms with Gasteiger partial charge in [-0.05, 0) is 66.6 Å². The standard InChI is InChI=1S/C28H37N3O4/c1-19(2)12-14-31(15-13-20(3)4)28(33)30-23-8-11-25-22(16-23)17-26(35-25)27(32)29-18-21-6-9-24(34-5)10-7-21/h6-11,16-17,19-20H,12-15,18H2,1-5H3,(H,29,32)(H,30,33). The van der Waals surface area contributed by atoms with E-state index in [9.17, 15) is 9.59 Å². The summed E-state index contributed by atoms with van der Waals surface area (Å²) in [5.41, 5.74) is 2.22. The molecule has 35 heavy (non-hydrogen) atoms. The van der Waals surface area contributed by atoms with Crippen LogP contribution in [0.15, 0.2) is 52.9 Å². The zero-order valence-corrected chi connectivity index (χ0v) is 21.4. The van der Waals surface area contributed by atoms with Crippen LogP contribution < -0.4 is 15.4 Å². The molecule has 0 atom stereocenters. The van der Waals surface area contributed by atoms with Gasteiger partial charge in [0.2, 0.25) is 0 Å². The van der Waals surface area contributed by atoms with Gasteiger partial charge >= 0.3 is 6.03 Å². The van der Waals surface area contributed by atoms with Gasteiger partial charge in [-0.1, -0.05) is 39.8 Å². The first-order chi connectivity index (χ1) is 16.7. The Balaban J connectivity index is 1.64. The van der Waals surface area contributed by atoms with Gasteiger partial charge in [0.05, 0.1) is 7.11 Å². The van der Waals surface area contributed by atoms with Crippen molar-refractivity contribution in [2.24, 2.45) is 11.8 Å². The number of nitrogens with zero attached hydrogens (tertiary/aromatic N) is 1. The first kappa shape index (κ1) is 26.1. The Labute approximate surface area is 207 Å². The summed E-state index contributed by atoms with van der Waals surface area (Å²) in [5, 5.41) is 6.64. The van der Waals surface area contributed by atoms with Crippen LogP contribution in [0.5, 0.6) is 5.75 Å². The predicted molar refractivity (Wildman–Crippen MR) is 140 cm³/mol. The van der Waals surface area contributed by atoms with Gasteiger partial charge in [-0.15, -0.1) is 0 Å². The monoisotopic (exact) mass is 479 g/mol. The summed E-state index contributed by atoms with van der Waals surface area (Å²) < 4.78 is 10.9. The van der Waals surface area contributed by atoms with Crippen molar-refractivity contribution in [2.75, 3.05) is 25.5 Å². The van der Waals surface area contributed by atoms with Crippen LogP contribution in [0.3, 0.4) is 0 Å². The van der Waals surface area contributed by atoms with Crippen LogP contribution in [0.2, 0.25) is 0 Å². The first-order valence-electron chi connectivity index (χ1n) is 12.3. The number of furan rings is 1. The number of methoxy groups -OCH3 is 1. The fraction of sp³-hybridized carbons (Fsp3) is 0.429. The van der Waals surface area contributed by atoms with E-state index in [1.54, 1.807) is 25.3 Å². The van der Waals surface area contributed by atoms with Crippen LogP contribution in [0.25, 0.3) is 11.0 Å². The minimum absolute atomic E-state index is 0.105. The van der Waals surface area contributed by atoms with Crippen LogP contribution in [-0.4, -0.2) is 37.0 Å². The van der Waals surface area contributed by atoms with E-state index >= 15 is 0 Å². The molecule has 0 fully saturated rings. The number of anilines is 1. The fourth-order valence-corrected chi connectivity index (χ4v) is 3.59. The van der Waals surface area contributed by atoms with Crippen molar-refractivity contribution in [1.82, 2.24) is 10.2 Å². The summed E-state index contributed by atoms with van der Waals surface area (Å²) >= 11 is 0. The highest BCUT2D eigenvalue weighted by Crippen LogP contribution is 2.24. The first-order valence-corrected chi connectivity index (χ1v) is 12.3. The van der Waals surface area contributed by atoms with Gasteiger partial charge in [0.15, 0.2) is 5.76 Å². The topological polar surface area (TPSA) is 83.8 Å². The lowest BCUT2D eigenvalue weighted by molar-refractivity contribution is 0.0925. The van der Waals surface area contributed by atoms with Gasteiger partial charge in [-0.3, -0.25) is 4.79 Å². The lowest BCUT2D eigenvalue weighted by Crippen LogP contribution is -2.37. The number of urea groups is 1. The van der Waals surface area contributed by atoms with Crippen molar-refractivity contribution in [3.05, 3.63) is 59.9 Å². The maximum Gasteiger partial charge on any atom is 0.321 e. The van der Waals surface area contributed by atoms with Crippen LogP contribution in [0, 0.1) is 11.8 Å². The highest BCUT2D eigenvalue weighted by molar-refractivity contribution is 5.98. The summed E-state index contributed by atoms with van der Waals surface area (Å²) in [4.78, 5) is 27.5. The summed E-state index contributed by atoms with van der Waals surface area (Å²) in [7, 11) is 1.62. The van der Waals surface area contributed by atoms with Gasteiger partial charge < -0.3 is 24.7 Å². The molecule has 7 heteroatoms. The second kappa shape index (κ2) is 12.3. The Hall–Kier alpha value is -3.48. The van der Waals surface area contributed by atoms with E-state index in [2.05, 4.69) is 38.3 Å². The maximum absolute atomic E-state index is 13.0. The normalized spacial score (nSPS) is 11.2. The molecule has 0 aliphatic carbocycles. The van der Waals surface area contributed by atoms with Crippen molar-refractivity contribution < 1.29 is 18.7 Å². The average molecular weight is 480 g/mol. The molecule has 188 valence electrons. The van der Waals surface area contributed by atoms with Crippen molar-refractivity contribution >= 4 is 28.6 Å². The molecule has 7 nitrogen and oxygen atoms in total. The molecule has 1 heterocycles. The van der Waals surface area contributed by atoms with Crippen molar-refractivity contribution in [1.29, 1.82) is 0 Å². The molecule has 2 aromatic carbocycles. The Bertz CT molecular complexity index is 1110. The molecule has 0 aliphatic heterocycles. The Morgan fingerprint density at radius 1 is 0.943 bits per heavy atom. The Morgan fingerprint density at radius 3 is 2.20 bits per heavy atom. The Morgan fingerprint density at radius 2 is 1.60 bits per heavy atom. The lowest BCUT2D eigenvalue weighted by Gasteiger charge is -2.25. The van der Waals surface area contributed by atoms with Gasteiger partial charge in [-0.2, -0.15) is 0 Å². The number of ether oxygens (including phenoxy) is 1. The SMILES string of the molecule is COc1ccc(CNC(=O)c2cc3cc(NC(=O)N(CCC(C)C)CCC(C)C)ccc3o2)cc1. The summed E-state index contributed by atoms with van der Waals surface area (Å²) in [6.45, 7) is 10.5. The van der Waals surface area contributed by atoms with Gasteiger partial charge in [0.25, 0.3) is 5.91 Å². The van der Waals surface area contributed by atoms with Crippen LogP contribution in [0.4, 0.5) is 10.5 Å². The summed E-state index contributed by atoms with van der Waals surface area (Å²) in [6.07, 6.45) is 1.92. The minimum Gasteiger partial charge on any atom is -0.497 e. The maximum atomic E-state index is 13.0. The number of nitrogens with one attached hydrogen (secondary N) is 2. The number of hydrogen-bond donors (Lipinski definition) is 2. The third kappa shape index (κ3) is 7.77. The summed E-state index contributed by atoms with van der Waals surface area (Å²) in [6, 6.07) is 14.5. The van der Waals surface area contributed by atoms with E-state index in [0.29, 0.717) is 29.7 Å². The van der Waals surface area contributed by atoms with Crippen LogP contribution in [0.1, 0.15) is 56.7 Å². The van der Waals surface area contributed by atoms with E-state index in [1.807, 2.05) is 35.2 Å². The smallest absolute Gasteiger partial charge is 0.321 e. The van der Waals surface area contributed by atoms with Crippen LogP contribution >= 0.6 is 0 Å². The molecule has 0 saturated carbocycles. The van der Waals surface area contributed by atoms with Gasteiger partial charge in [0, 0.05) is 30.7 Å². The minimum atomic E-state index is -0.295. The number of hydrogen-bond acceptors (Lipinski definition) is 4. The van der Waals surface area contributed by atoms with Gasteiger partial charge in [0.1, 0.15) is 11.3 Å². The molecule has 0 bridgehead atoms. The Kier molecular flexibility index (Phi) is 9.18.